The average molecular weight is 246 g/mol. The van der Waals surface area contributed by atoms with Crippen molar-refractivity contribution in [3.05, 3.63) is 29.3 Å². The van der Waals surface area contributed by atoms with E-state index in [1.807, 2.05) is 14.1 Å². The molecule has 0 fully saturated rings. The van der Waals surface area contributed by atoms with E-state index in [4.69, 9.17) is 0 Å². The Balaban J connectivity index is 2.21. The Labute approximate surface area is 109 Å². The Morgan fingerprint density at radius 2 is 2.22 bits per heavy atom. The fourth-order valence-electron chi connectivity index (χ4n) is 2.59. The molecule has 1 amide bonds. The molecule has 0 spiro atoms. The number of rotatable bonds is 5. The number of carbonyl (C=O) groups excluding carboxylic acids is 1. The van der Waals surface area contributed by atoms with Gasteiger partial charge in [0.2, 0.25) is 5.91 Å². The first-order valence-electron chi connectivity index (χ1n) is 6.74. The van der Waals surface area contributed by atoms with E-state index < -0.39 is 0 Å². The van der Waals surface area contributed by atoms with Crippen molar-refractivity contribution in [2.75, 3.05) is 19.0 Å². The predicted molar refractivity (Wildman–Crippen MR) is 74.9 cm³/mol. The topological polar surface area (TPSA) is 32.3 Å². The van der Waals surface area contributed by atoms with Crippen LogP contribution in [0.4, 0.5) is 5.69 Å². The molecule has 1 aromatic carbocycles. The number of hydrogen-bond donors (Lipinski definition) is 1. The van der Waals surface area contributed by atoms with Crippen molar-refractivity contribution in [1.82, 2.24) is 5.32 Å². The number of nitrogens with one attached hydrogen (secondary N) is 1. The van der Waals surface area contributed by atoms with Gasteiger partial charge in [-0.3, -0.25) is 4.79 Å². The lowest BCUT2D eigenvalue weighted by Gasteiger charge is -2.18. The molecule has 1 aliphatic rings. The predicted octanol–water partition coefficient (Wildman–Crippen LogP) is 2.66. The summed E-state index contributed by atoms with van der Waals surface area (Å²) >= 11 is 0. The molecular weight excluding hydrogens is 224 g/mol. The molecule has 1 N–H and O–H groups in total. The molecule has 3 heteroatoms. The zero-order valence-electron chi connectivity index (χ0n) is 11.5. The summed E-state index contributed by atoms with van der Waals surface area (Å²) in [6.45, 7) is 2.21. The number of fused-ring (bicyclic) bond motifs is 1. The summed E-state index contributed by atoms with van der Waals surface area (Å²) < 4.78 is 0. The molecule has 0 bridgehead atoms. The van der Waals surface area contributed by atoms with E-state index >= 15 is 0 Å². The first-order valence-corrected chi connectivity index (χ1v) is 6.74. The summed E-state index contributed by atoms with van der Waals surface area (Å²) in [5.41, 5.74) is 3.53. The third kappa shape index (κ3) is 2.41. The van der Waals surface area contributed by atoms with Crippen LogP contribution in [0.5, 0.6) is 0 Å². The van der Waals surface area contributed by atoms with Gasteiger partial charge in [-0.15, -0.1) is 0 Å². The van der Waals surface area contributed by atoms with Crippen molar-refractivity contribution in [3.8, 4) is 0 Å². The van der Waals surface area contributed by atoms with Gasteiger partial charge in [0.1, 0.15) is 0 Å². The minimum absolute atomic E-state index is 0.191. The molecule has 0 saturated carbocycles. The van der Waals surface area contributed by atoms with E-state index in [9.17, 15) is 4.79 Å². The number of benzene rings is 1. The molecule has 1 aromatic rings. The largest absolute Gasteiger partial charge is 0.315 e. The molecule has 0 aromatic heterocycles. The number of hydrogen-bond acceptors (Lipinski definition) is 2. The van der Waals surface area contributed by atoms with Gasteiger partial charge in [0.15, 0.2) is 0 Å². The van der Waals surface area contributed by atoms with Crippen LogP contribution in [0, 0.1) is 0 Å². The number of unbranched alkanes of at least 4 members (excludes halogenated alkanes) is 1. The Bertz CT molecular complexity index is 442. The molecule has 1 heterocycles. The smallest absolute Gasteiger partial charge is 0.231 e. The van der Waals surface area contributed by atoms with E-state index in [1.165, 1.54) is 18.4 Å². The molecule has 2 rings (SSSR count). The van der Waals surface area contributed by atoms with Crippen LogP contribution in [0.2, 0.25) is 0 Å². The summed E-state index contributed by atoms with van der Waals surface area (Å²) in [5.74, 6) is 0.191. The van der Waals surface area contributed by atoms with Gasteiger partial charge in [-0.2, -0.15) is 0 Å². The van der Waals surface area contributed by atoms with Gasteiger partial charge in [0, 0.05) is 18.8 Å². The monoisotopic (exact) mass is 246 g/mol. The summed E-state index contributed by atoms with van der Waals surface area (Å²) in [7, 11) is 3.85. The first-order chi connectivity index (χ1) is 8.67. The summed E-state index contributed by atoms with van der Waals surface area (Å²) in [6.07, 6.45) is 4.13. The van der Waals surface area contributed by atoms with E-state index in [2.05, 4.69) is 30.4 Å². The zero-order chi connectivity index (χ0) is 13.1. The number of amides is 1. The van der Waals surface area contributed by atoms with Crippen LogP contribution in [0.15, 0.2) is 18.2 Å². The maximum absolute atomic E-state index is 11.7. The lowest BCUT2D eigenvalue weighted by Crippen LogP contribution is -2.20. The average Bonchev–Trinajstić information content (AvgIpc) is 2.66. The Kier molecular flexibility index (Phi) is 4.02. The molecular formula is C15H22N2O. The van der Waals surface area contributed by atoms with Crippen LogP contribution in [0.25, 0.3) is 0 Å². The van der Waals surface area contributed by atoms with Gasteiger partial charge in [0.25, 0.3) is 0 Å². The third-order valence-electron chi connectivity index (χ3n) is 3.78. The second-order valence-corrected chi connectivity index (χ2v) is 5.00. The van der Waals surface area contributed by atoms with Crippen LogP contribution in [-0.4, -0.2) is 20.0 Å². The molecule has 1 atom stereocenters. The van der Waals surface area contributed by atoms with Gasteiger partial charge in [-0.25, -0.2) is 0 Å². The van der Waals surface area contributed by atoms with Crippen LogP contribution in [0.3, 0.4) is 0 Å². The molecule has 0 radical (unpaired) electrons. The van der Waals surface area contributed by atoms with Crippen LogP contribution in [0.1, 0.15) is 43.4 Å². The van der Waals surface area contributed by atoms with Crippen molar-refractivity contribution < 1.29 is 4.79 Å². The normalized spacial score (nSPS) is 15.9. The summed E-state index contributed by atoms with van der Waals surface area (Å²) in [6, 6.07) is 6.81. The van der Waals surface area contributed by atoms with Crippen molar-refractivity contribution in [2.45, 2.75) is 38.6 Å². The van der Waals surface area contributed by atoms with E-state index in [0.717, 1.165) is 17.7 Å². The maximum atomic E-state index is 11.7. The van der Waals surface area contributed by atoms with Crippen molar-refractivity contribution >= 4 is 11.6 Å². The molecule has 1 unspecified atom stereocenters. The summed E-state index contributed by atoms with van der Waals surface area (Å²) in [5, 5.41) is 3.37. The van der Waals surface area contributed by atoms with Gasteiger partial charge >= 0.3 is 0 Å². The quantitative estimate of drug-likeness (QED) is 0.866. The van der Waals surface area contributed by atoms with Gasteiger partial charge < -0.3 is 10.2 Å². The number of likely N-dealkylation sites (N-methyl/N-ethyl adjacent to an activating group) is 1. The van der Waals surface area contributed by atoms with Crippen LogP contribution >= 0.6 is 0 Å². The van der Waals surface area contributed by atoms with Gasteiger partial charge in [-0.1, -0.05) is 31.9 Å². The number of carbonyl (C=O) groups is 1. The molecule has 0 aliphatic carbocycles. The summed E-state index contributed by atoms with van der Waals surface area (Å²) in [4.78, 5) is 13.4. The van der Waals surface area contributed by atoms with Crippen molar-refractivity contribution in [3.63, 3.8) is 0 Å². The highest BCUT2D eigenvalue weighted by Crippen LogP contribution is 2.31. The van der Waals surface area contributed by atoms with Crippen LogP contribution < -0.4 is 10.2 Å². The lowest BCUT2D eigenvalue weighted by atomic mass is 9.98. The van der Waals surface area contributed by atoms with E-state index in [0.29, 0.717) is 12.5 Å². The molecule has 0 saturated heterocycles. The second-order valence-electron chi connectivity index (χ2n) is 5.00. The highest BCUT2D eigenvalue weighted by Gasteiger charge is 2.24. The fourth-order valence-corrected chi connectivity index (χ4v) is 2.59. The second kappa shape index (κ2) is 5.53. The number of nitrogens with zero attached hydrogens (tertiary/aromatic N) is 1. The molecule has 18 heavy (non-hydrogen) atoms. The molecule has 3 nitrogen and oxygen atoms in total. The van der Waals surface area contributed by atoms with Crippen molar-refractivity contribution in [2.24, 2.45) is 0 Å². The Morgan fingerprint density at radius 3 is 2.89 bits per heavy atom. The highest BCUT2D eigenvalue weighted by molar-refractivity contribution is 6.00. The number of anilines is 1. The molecule has 98 valence electrons. The third-order valence-corrected chi connectivity index (χ3v) is 3.78. The zero-order valence-corrected chi connectivity index (χ0v) is 11.5. The Hall–Kier alpha value is -1.35. The van der Waals surface area contributed by atoms with E-state index in [1.54, 1.807) is 4.90 Å². The SMILES string of the molecule is CCCCC(NC)c1ccc2c(c1)CC(=O)N2C. The fraction of sp³-hybridized carbons (Fsp3) is 0.533. The van der Waals surface area contributed by atoms with Crippen LogP contribution in [-0.2, 0) is 11.2 Å². The minimum atomic E-state index is 0.191. The molecule has 1 aliphatic heterocycles. The maximum Gasteiger partial charge on any atom is 0.231 e. The highest BCUT2D eigenvalue weighted by atomic mass is 16.2. The standard InChI is InChI=1S/C15H22N2O/c1-4-5-6-13(16-2)11-7-8-14-12(9-11)10-15(18)17(14)3/h7-9,13,16H,4-6,10H2,1-3H3. The van der Waals surface area contributed by atoms with Gasteiger partial charge in [-0.05, 0) is 30.7 Å². The van der Waals surface area contributed by atoms with Gasteiger partial charge in [0.05, 0.1) is 6.42 Å². The first kappa shape index (κ1) is 13.1. The van der Waals surface area contributed by atoms with E-state index in [-0.39, 0.29) is 5.91 Å². The lowest BCUT2D eigenvalue weighted by molar-refractivity contribution is -0.117. The minimum Gasteiger partial charge on any atom is -0.315 e. The van der Waals surface area contributed by atoms with Crippen molar-refractivity contribution in [1.29, 1.82) is 0 Å². The Morgan fingerprint density at radius 1 is 1.44 bits per heavy atom.